The number of nitrogens with one attached hydrogen (secondary N) is 1. The molecule has 1 fully saturated rings. The van der Waals surface area contributed by atoms with Gasteiger partial charge in [0.05, 0.1) is 0 Å². The molecule has 6 heteroatoms. The van der Waals surface area contributed by atoms with Crippen molar-refractivity contribution in [2.75, 3.05) is 31.9 Å². The largest absolute Gasteiger partial charge is 0.383 e. The van der Waals surface area contributed by atoms with Crippen molar-refractivity contribution >= 4 is 29.0 Å². The molecular formula is C16H18Cl2N4. The molecule has 0 saturated carbocycles. The molecule has 1 aliphatic rings. The van der Waals surface area contributed by atoms with Gasteiger partial charge in [-0.3, -0.25) is 4.90 Å². The number of hydrogen-bond donors (Lipinski definition) is 2. The predicted molar refractivity (Wildman–Crippen MR) is 92.3 cm³/mol. The Labute approximate surface area is 140 Å². The van der Waals surface area contributed by atoms with Crippen molar-refractivity contribution in [1.29, 1.82) is 0 Å². The molecule has 3 N–H and O–H groups in total. The minimum absolute atomic E-state index is 0.562. The first-order valence-electron chi connectivity index (χ1n) is 7.26. The lowest BCUT2D eigenvalue weighted by molar-refractivity contribution is 0.233. The van der Waals surface area contributed by atoms with Crippen molar-refractivity contribution in [3.8, 4) is 11.1 Å². The first-order chi connectivity index (χ1) is 10.6. The van der Waals surface area contributed by atoms with Crippen LogP contribution in [0.4, 0.5) is 5.82 Å². The molecule has 0 amide bonds. The predicted octanol–water partition coefficient (Wildman–Crippen LogP) is 3.04. The van der Waals surface area contributed by atoms with Gasteiger partial charge in [0.25, 0.3) is 0 Å². The van der Waals surface area contributed by atoms with Crippen LogP contribution in [0.2, 0.25) is 10.0 Å². The summed E-state index contributed by atoms with van der Waals surface area (Å²) in [5, 5.41) is 4.59. The number of hydrogen-bond acceptors (Lipinski definition) is 4. The summed E-state index contributed by atoms with van der Waals surface area (Å²) in [6.07, 6.45) is 1.72. The van der Waals surface area contributed by atoms with Gasteiger partial charge >= 0.3 is 0 Å². The standard InChI is InChI=1S/C16H18Cl2N4/c17-12-7-11(8-13(18)9-12)14-1-2-21-16(19)15(14)10-22-5-3-20-4-6-22/h1-2,7-9,20H,3-6,10H2,(H2,19,21). The monoisotopic (exact) mass is 336 g/mol. The normalized spacial score (nSPS) is 15.9. The van der Waals surface area contributed by atoms with E-state index >= 15 is 0 Å². The van der Waals surface area contributed by atoms with Crippen molar-refractivity contribution in [2.24, 2.45) is 0 Å². The summed E-state index contributed by atoms with van der Waals surface area (Å²) < 4.78 is 0. The highest BCUT2D eigenvalue weighted by Gasteiger charge is 2.16. The highest BCUT2D eigenvalue weighted by atomic mass is 35.5. The van der Waals surface area contributed by atoms with Crippen molar-refractivity contribution in [3.05, 3.63) is 46.1 Å². The van der Waals surface area contributed by atoms with Gasteiger partial charge in [-0.25, -0.2) is 4.98 Å². The lowest BCUT2D eigenvalue weighted by Gasteiger charge is -2.28. The zero-order chi connectivity index (χ0) is 15.5. The number of nitrogens with two attached hydrogens (primary N) is 1. The minimum Gasteiger partial charge on any atom is -0.383 e. The molecule has 0 atom stereocenters. The molecule has 4 nitrogen and oxygen atoms in total. The van der Waals surface area contributed by atoms with Crippen molar-refractivity contribution < 1.29 is 0 Å². The van der Waals surface area contributed by atoms with Crippen molar-refractivity contribution in [1.82, 2.24) is 15.2 Å². The Morgan fingerprint density at radius 3 is 2.50 bits per heavy atom. The van der Waals surface area contributed by atoms with Gasteiger partial charge in [-0.1, -0.05) is 23.2 Å². The van der Waals surface area contributed by atoms with Gasteiger partial charge < -0.3 is 11.1 Å². The Morgan fingerprint density at radius 1 is 1.14 bits per heavy atom. The number of piperazine rings is 1. The van der Waals surface area contributed by atoms with E-state index in [9.17, 15) is 0 Å². The molecule has 1 aliphatic heterocycles. The van der Waals surface area contributed by atoms with E-state index in [1.807, 2.05) is 18.2 Å². The van der Waals surface area contributed by atoms with Crippen LogP contribution in [0.25, 0.3) is 11.1 Å². The number of halogens is 2. The first kappa shape index (κ1) is 15.6. The molecule has 0 spiro atoms. The van der Waals surface area contributed by atoms with Crippen LogP contribution in [0.5, 0.6) is 0 Å². The van der Waals surface area contributed by atoms with Crippen LogP contribution >= 0.6 is 23.2 Å². The van der Waals surface area contributed by atoms with E-state index < -0.39 is 0 Å². The molecular weight excluding hydrogens is 319 g/mol. The van der Waals surface area contributed by atoms with Gasteiger partial charge in [0, 0.05) is 54.5 Å². The maximum absolute atomic E-state index is 6.13. The molecule has 22 heavy (non-hydrogen) atoms. The summed E-state index contributed by atoms with van der Waals surface area (Å²) in [4.78, 5) is 6.62. The molecule has 2 heterocycles. The number of nitrogens with zero attached hydrogens (tertiary/aromatic N) is 2. The summed E-state index contributed by atoms with van der Waals surface area (Å²) >= 11 is 12.3. The maximum Gasteiger partial charge on any atom is 0.128 e. The highest BCUT2D eigenvalue weighted by Crippen LogP contribution is 2.32. The molecule has 1 saturated heterocycles. The maximum atomic E-state index is 6.13. The van der Waals surface area contributed by atoms with Crippen LogP contribution in [0.15, 0.2) is 30.5 Å². The van der Waals surface area contributed by atoms with Gasteiger partial charge in [0.15, 0.2) is 0 Å². The Kier molecular flexibility index (Phi) is 4.84. The Balaban J connectivity index is 1.98. The topological polar surface area (TPSA) is 54.2 Å². The second kappa shape index (κ2) is 6.84. The highest BCUT2D eigenvalue weighted by molar-refractivity contribution is 6.35. The fraction of sp³-hybridized carbons (Fsp3) is 0.312. The third kappa shape index (κ3) is 3.52. The van der Waals surface area contributed by atoms with E-state index in [1.165, 1.54) is 0 Å². The SMILES string of the molecule is Nc1nccc(-c2cc(Cl)cc(Cl)c2)c1CN1CCNCC1. The van der Waals surface area contributed by atoms with Crippen LogP contribution in [0.1, 0.15) is 5.56 Å². The van der Waals surface area contributed by atoms with Crippen LogP contribution in [-0.2, 0) is 6.54 Å². The second-order valence-electron chi connectivity index (χ2n) is 5.41. The summed E-state index contributed by atoms with van der Waals surface area (Å²) in [7, 11) is 0. The summed E-state index contributed by atoms with van der Waals surface area (Å²) in [6.45, 7) is 4.78. The number of pyridine rings is 1. The number of benzene rings is 1. The van der Waals surface area contributed by atoms with Gasteiger partial charge in [-0.2, -0.15) is 0 Å². The number of nitrogen functional groups attached to an aromatic ring is 1. The third-order valence-corrected chi connectivity index (χ3v) is 4.29. The quantitative estimate of drug-likeness (QED) is 0.904. The van der Waals surface area contributed by atoms with Crippen molar-refractivity contribution in [3.63, 3.8) is 0 Å². The molecule has 0 radical (unpaired) electrons. The van der Waals surface area contributed by atoms with Crippen LogP contribution in [0, 0.1) is 0 Å². The molecule has 0 bridgehead atoms. The fourth-order valence-corrected chi connectivity index (χ4v) is 3.27. The number of aromatic nitrogens is 1. The van der Waals surface area contributed by atoms with Gasteiger partial charge in [-0.15, -0.1) is 0 Å². The minimum atomic E-state index is 0.562. The summed E-state index contributed by atoms with van der Waals surface area (Å²) in [6, 6.07) is 7.51. The van der Waals surface area contributed by atoms with E-state index in [0.29, 0.717) is 15.9 Å². The lowest BCUT2D eigenvalue weighted by Crippen LogP contribution is -2.43. The van der Waals surface area contributed by atoms with Crippen molar-refractivity contribution in [2.45, 2.75) is 6.54 Å². The van der Waals surface area contributed by atoms with Gasteiger partial charge in [-0.05, 0) is 35.4 Å². The fourth-order valence-electron chi connectivity index (χ4n) is 2.75. The lowest BCUT2D eigenvalue weighted by atomic mass is 10.0. The molecule has 1 aromatic heterocycles. The summed E-state index contributed by atoms with van der Waals surface area (Å²) in [5.74, 6) is 0.562. The second-order valence-corrected chi connectivity index (χ2v) is 6.28. The third-order valence-electron chi connectivity index (χ3n) is 3.85. The van der Waals surface area contributed by atoms with Gasteiger partial charge in [0.1, 0.15) is 5.82 Å². The zero-order valence-electron chi connectivity index (χ0n) is 12.1. The Hall–Kier alpha value is -1.33. The molecule has 3 rings (SSSR count). The van der Waals surface area contributed by atoms with Crippen LogP contribution < -0.4 is 11.1 Å². The average molecular weight is 337 g/mol. The van der Waals surface area contributed by atoms with Crippen LogP contribution in [-0.4, -0.2) is 36.1 Å². The van der Waals surface area contributed by atoms with Gasteiger partial charge in [0.2, 0.25) is 0 Å². The van der Waals surface area contributed by atoms with E-state index in [0.717, 1.165) is 49.4 Å². The van der Waals surface area contributed by atoms with E-state index in [2.05, 4.69) is 15.2 Å². The van der Waals surface area contributed by atoms with E-state index in [4.69, 9.17) is 28.9 Å². The summed E-state index contributed by atoms with van der Waals surface area (Å²) in [5.41, 5.74) is 9.17. The number of rotatable bonds is 3. The molecule has 0 aliphatic carbocycles. The molecule has 2 aromatic rings. The average Bonchev–Trinajstić information content (AvgIpc) is 2.49. The van der Waals surface area contributed by atoms with E-state index in [-0.39, 0.29) is 0 Å². The Bertz CT molecular complexity index is 649. The molecule has 1 aromatic carbocycles. The molecule has 0 unspecified atom stereocenters. The Morgan fingerprint density at radius 2 is 1.82 bits per heavy atom. The molecule has 116 valence electrons. The first-order valence-corrected chi connectivity index (χ1v) is 8.02. The number of anilines is 1. The van der Waals surface area contributed by atoms with Crippen LogP contribution in [0.3, 0.4) is 0 Å². The zero-order valence-corrected chi connectivity index (χ0v) is 13.7. The smallest absolute Gasteiger partial charge is 0.128 e. The van der Waals surface area contributed by atoms with E-state index in [1.54, 1.807) is 12.3 Å².